The third-order valence-corrected chi connectivity index (χ3v) is 5.14. The maximum Gasteiger partial charge on any atom is 0.416 e. The van der Waals surface area contributed by atoms with Crippen LogP contribution in [0.15, 0.2) is 48.5 Å². The van der Waals surface area contributed by atoms with Crippen molar-refractivity contribution >= 4 is 0 Å². The summed E-state index contributed by atoms with van der Waals surface area (Å²) in [6.45, 7) is 1.50. The Balaban J connectivity index is 1.86. The van der Waals surface area contributed by atoms with Crippen LogP contribution in [0.2, 0.25) is 0 Å². The third kappa shape index (κ3) is 4.69. The van der Waals surface area contributed by atoms with E-state index in [4.69, 9.17) is 4.74 Å². The summed E-state index contributed by atoms with van der Waals surface area (Å²) >= 11 is 0. The zero-order chi connectivity index (χ0) is 20.5. The fraction of sp³-hybridized carbons (Fsp3) is 0.429. The number of benzene rings is 2. The minimum Gasteiger partial charge on any atom is -0.370 e. The Hall–Kier alpha value is -2.02. The van der Waals surface area contributed by atoms with Crippen molar-refractivity contribution in [3.8, 4) is 0 Å². The van der Waals surface area contributed by atoms with Crippen LogP contribution in [0.1, 0.15) is 60.5 Å². The first kappa shape index (κ1) is 20.7. The Kier molecular flexibility index (Phi) is 5.75. The summed E-state index contributed by atoms with van der Waals surface area (Å²) in [7, 11) is 0. The minimum absolute atomic E-state index is 0.0801. The average Bonchev–Trinajstić information content (AvgIpc) is 3.08. The highest BCUT2D eigenvalue weighted by molar-refractivity contribution is 5.35. The fourth-order valence-corrected chi connectivity index (χ4v) is 3.72. The lowest BCUT2D eigenvalue weighted by Gasteiger charge is -2.26. The second-order valence-electron chi connectivity index (χ2n) is 7.10. The van der Waals surface area contributed by atoms with Crippen molar-refractivity contribution in [2.45, 2.75) is 56.7 Å². The molecule has 1 saturated carbocycles. The van der Waals surface area contributed by atoms with E-state index in [-0.39, 0.29) is 23.7 Å². The Bertz CT molecular complexity index is 765. The summed E-state index contributed by atoms with van der Waals surface area (Å²) in [6, 6.07) is 11.2. The molecule has 3 atom stereocenters. The van der Waals surface area contributed by atoms with Crippen LogP contribution in [0.5, 0.6) is 0 Å². The number of halogens is 6. The normalized spacial score (nSPS) is 21.7. The Labute approximate surface area is 159 Å². The number of hydrogen-bond donors (Lipinski definition) is 0. The van der Waals surface area contributed by atoms with Gasteiger partial charge in [-0.1, -0.05) is 36.8 Å². The van der Waals surface area contributed by atoms with Crippen molar-refractivity contribution in [3.63, 3.8) is 0 Å². The number of hydrogen-bond acceptors (Lipinski definition) is 1. The van der Waals surface area contributed by atoms with Gasteiger partial charge >= 0.3 is 12.4 Å². The summed E-state index contributed by atoms with van der Waals surface area (Å²) in [4.78, 5) is 0. The Morgan fingerprint density at radius 2 is 1.43 bits per heavy atom. The zero-order valence-electron chi connectivity index (χ0n) is 15.1. The van der Waals surface area contributed by atoms with Crippen molar-refractivity contribution in [2.24, 2.45) is 0 Å². The molecule has 0 N–H and O–H groups in total. The van der Waals surface area contributed by atoms with Crippen LogP contribution in [0.4, 0.5) is 26.3 Å². The molecule has 1 nitrogen and oxygen atoms in total. The molecule has 3 rings (SSSR count). The van der Waals surface area contributed by atoms with Gasteiger partial charge in [0.1, 0.15) is 0 Å². The van der Waals surface area contributed by atoms with Crippen molar-refractivity contribution in [3.05, 3.63) is 70.8 Å². The van der Waals surface area contributed by atoms with Crippen LogP contribution >= 0.6 is 0 Å². The molecule has 0 spiro atoms. The van der Waals surface area contributed by atoms with E-state index in [9.17, 15) is 26.3 Å². The van der Waals surface area contributed by atoms with Gasteiger partial charge < -0.3 is 4.74 Å². The summed E-state index contributed by atoms with van der Waals surface area (Å²) in [5.74, 6) is 0.0801. The molecule has 152 valence electrons. The van der Waals surface area contributed by atoms with Crippen LogP contribution in [-0.2, 0) is 17.1 Å². The lowest BCUT2D eigenvalue weighted by Crippen LogP contribution is -2.20. The summed E-state index contributed by atoms with van der Waals surface area (Å²) < 4.78 is 84.4. The van der Waals surface area contributed by atoms with Gasteiger partial charge in [-0.2, -0.15) is 26.3 Å². The van der Waals surface area contributed by atoms with Crippen LogP contribution < -0.4 is 0 Å². The monoisotopic (exact) mass is 402 g/mol. The molecule has 0 aliphatic heterocycles. The molecule has 0 radical (unpaired) electrons. The van der Waals surface area contributed by atoms with E-state index >= 15 is 0 Å². The molecular formula is C21H20F6O. The third-order valence-electron chi connectivity index (χ3n) is 5.14. The van der Waals surface area contributed by atoms with Gasteiger partial charge in [-0.3, -0.25) is 0 Å². The number of alkyl halides is 6. The van der Waals surface area contributed by atoms with Gasteiger partial charge in [0.25, 0.3) is 0 Å². The highest BCUT2D eigenvalue weighted by Gasteiger charge is 2.38. The van der Waals surface area contributed by atoms with Crippen LogP contribution in [0.3, 0.4) is 0 Å². The molecule has 2 aromatic rings. The lowest BCUT2D eigenvalue weighted by atomic mass is 9.95. The van der Waals surface area contributed by atoms with Gasteiger partial charge in [-0.25, -0.2) is 0 Å². The first-order valence-corrected chi connectivity index (χ1v) is 9.05. The molecular weight excluding hydrogens is 382 g/mol. The van der Waals surface area contributed by atoms with Gasteiger partial charge in [0.15, 0.2) is 0 Å². The molecule has 2 aromatic carbocycles. The SMILES string of the molecule is C[C@@H](O[C@H]1CCCC1c1ccccc1)c1cc(C(F)(F)F)cc(C(F)(F)F)c1. The van der Waals surface area contributed by atoms with Gasteiger partial charge in [-0.05, 0) is 49.1 Å². The minimum atomic E-state index is -4.87. The molecule has 0 amide bonds. The van der Waals surface area contributed by atoms with Gasteiger partial charge in [0, 0.05) is 5.92 Å². The van der Waals surface area contributed by atoms with E-state index in [1.807, 2.05) is 30.3 Å². The van der Waals surface area contributed by atoms with Crippen LogP contribution in [0.25, 0.3) is 0 Å². The molecule has 1 aliphatic carbocycles. The van der Waals surface area contributed by atoms with Gasteiger partial charge in [0.05, 0.1) is 23.3 Å². The van der Waals surface area contributed by atoms with E-state index in [0.717, 1.165) is 37.0 Å². The van der Waals surface area contributed by atoms with Gasteiger partial charge in [0.2, 0.25) is 0 Å². The molecule has 0 saturated heterocycles. The van der Waals surface area contributed by atoms with E-state index < -0.39 is 29.6 Å². The van der Waals surface area contributed by atoms with E-state index in [1.54, 1.807) is 0 Å². The predicted octanol–water partition coefficient (Wildman–Crippen LogP) is 7.14. The standard InChI is InChI=1S/C21H20F6O/c1-13(28-19-9-5-8-18(19)14-6-3-2-4-7-14)15-10-16(20(22,23)24)12-17(11-15)21(25,26)27/h2-4,6-7,10-13,18-19H,5,8-9H2,1H3/t13-,18?,19+/m1/s1. The molecule has 7 heteroatoms. The fourth-order valence-electron chi connectivity index (χ4n) is 3.72. The second kappa shape index (κ2) is 7.78. The van der Waals surface area contributed by atoms with E-state index in [2.05, 4.69) is 0 Å². The Morgan fingerprint density at radius 3 is 1.96 bits per heavy atom. The average molecular weight is 402 g/mol. The molecule has 1 unspecified atom stereocenters. The number of ether oxygens (including phenoxy) is 1. The molecule has 0 aromatic heterocycles. The van der Waals surface area contributed by atoms with E-state index in [1.165, 1.54) is 6.92 Å². The molecule has 28 heavy (non-hydrogen) atoms. The van der Waals surface area contributed by atoms with Crippen molar-refractivity contribution in [2.75, 3.05) is 0 Å². The van der Waals surface area contributed by atoms with Crippen molar-refractivity contribution in [1.29, 1.82) is 0 Å². The first-order chi connectivity index (χ1) is 13.1. The predicted molar refractivity (Wildman–Crippen MR) is 92.8 cm³/mol. The largest absolute Gasteiger partial charge is 0.416 e. The summed E-state index contributed by atoms with van der Waals surface area (Å²) in [5, 5.41) is 0. The molecule has 1 aliphatic rings. The summed E-state index contributed by atoms with van der Waals surface area (Å²) in [6.07, 6.45) is -8.38. The maximum absolute atomic E-state index is 13.1. The molecule has 1 fully saturated rings. The van der Waals surface area contributed by atoms with Gasteiger partial charge in [-0.15, -0.1) is 0 Å². The lowest BCUT2D eigenvalue weighted by molar-refractivity contribution is -0.143. The van der Waals surface area contributed by atoms with Crippen molar-refractivity contribution < 1.29 is 31.1 Å². The molecule has 0 heterocycles. The number of rotatable bonds is 4. The second-order valence-corrected chi connectivity index (χ2v) is 7.10. The first-order valence-electron chi connectivity index (χ1n) is 9.05. The highest BCUT2D eigenvalue weighted by Crippen LogP contribution is 2.41. The zero-order valence-corrected chi connectivity index (χ0v) is 15.1. The quantitative estimate of drug-likeness (QED) is 0.494. The summed E-state index contributed by atoms with van der Waals surface area (Å²) in [5.41, 5.74) is -1.70. The van der Waals surface area contributed by atoms with Crippen LogP contribution in [0, 0.1) is 0 Å². The van der Waals surface area contributed by atoms with E-state index in [0.29, 0.717) is 0 Å². The smallest absolute Gasteiger partial charge is 0.370 e. The van der Waals surface area contributed by atoms with Crippen molar-refractivity contribution in [1.82, 2.24) is 0 Å². The highest BCUT2D eigenvalue weighted by atomic mass is 19.4. The van der Waals surface area contributed by atoms with Crippen LogP contribution in [-0.4, -0.2) is 6.10 Å². The Morgan fingerprint density at radius 1 is 0.857 bits per heavy atom. The maximum atomic E-state index is 13.1. The topological polar surface area (TPSA) is 9.23 Å². The molecule has 0 bridgehead atoms.